The van der Waals surface area contributed by atoms with Crippen LogP contribution in [0, 0.1) is 5.92 Å². The highest BCUT2D eigenvalue weighted by molar-refractivity contribution is 5.23. The summed E-state index contributed by atoms with van der Waals surface area (Å²) in [7, 11) is 1.66. The first-order valence-corrected chi connectivity index (χ1v) is 7.11. The Morgan fingerprint density at radius 3 is 2.50 bits per heavy atom. The van der Waals surface area contributed by atoms with Gasteiger partial charge in [0.1, 0.15) is 5.69 Å². The third kappa shape index (κ3) is 4.05. The minimum Gasteiger partial charge on any atom is -0.480 e. The summed E-state index contributed by atoms with van der Waals surface area (Å²) in [6.07, 6.45) is 4.61. The summed E-state index contributed by atoms with van der Waals surface area (Å²) in [5, 5.41) is 0. The predicted octanol–water partition coefficient (Wildman–Crippen LogP) is 3.47. The van der Waals surface area contributed by atoms with Crippen molar-refractivity contribution < 1.29 is 4.74 Å². The Morgan fingerprint density at radius 2 is 1.85 bits per heavy atom. The molecule has 0 N–H and O–H groups in total. The standard InChI is InChI=1S/C17H22N2O/c1-13(2)11-15-12-18-16(17(19-15)20-3)10-9-14-7-5-4-6-8-14/h4-8,12-13H,9-11H2,1-3H3. The molecule has 3 nitrogen and oxygen atoms in total. The fourth-order valence-corrected chi connectivity index (χ4v) is 2.19. The summed E-state index contributed by atoms with van der Waals surface area (Å²) in [6, 6.07) is 10.4. The van der Waals surface area contributed by atoms with Crippen LogP contribution in [0.5, 0.6) is 5.88 Å². The molecule has 0 spiro atoms. The lowest BCUT2D eigenvalue weighted by molar-refractivity contribution is 0.386. The highest BCUT2D eigenvalue weighted by Crippen LogP contribution is 2.17. The Labute approximate surface area is 121 Å². The highest BCUT2D eigenvalue weighted by Gasteiger charge is 2.09. The number of rotatable bonds is 6. The van der Waals surface area contributed by atoms with E-state index in [1.165, 1.54) is 5.56 Å². The maximum absolute atomic E-state index is 5.38. The van der Waals surface area contributed by atoms with Gasteiger partial charge in [-0.3, -0.25) is 4.98 Å². The molecule has 0 saturated heterocycles. The molecular weight excluding hydrogens is 248 g/mol. The van der Waals surface area contributed by atoms with Gasteiger partial charge >= 0.3 is 0 Å². The Morgan fingerprint density at radius 1 is 1.10 bits per heavy atom. The largest absolute Gasteiger partial charge is 0.480 e. The van der Waals surface area contributed by atoms with E-state index in [2.05, 4.69) is 48.1 Å². The van der Waals surface area contributed by atoms with Crippen molar-refractivity contribution in [1.82, 2.24) is 9.97 Å². The first-order chi connectivity index (χ1) is 9.69. The lowest BCUT2D eigenvalue weighted by atomic mass is 10.1. The molecule has 0 atom stereocenters. The third-order valence-electron chi connectivity index (χ3n) is 3.17. The molecule has 1 aromatic carbocycles. The van der Waals surface area contributed by atoms with Crippen LogP contribution in [0.15, 0.2) is 36.5 Å². The number of aromatic nitrogens is 2. The summed E-state index contributed by atoms with van der Waals surface area (Å²) >= 11 is 0. The molecule has 0 radical (unpaired) electrons. The number of hydrogen-bond donors (Lipinski definition) is 0. The molecule has 0 aliphatic carbocycles. The van der Waals surface area contributed by atoms with E-state index in [1.807, 2.05) is 12.3 Å². The van der Waals surface area contributed by atoms with Crippen molar-refractivity contribution in [3.8, 4) is 5.88 Å². The summed E-state index contributed by atoms with van der Waals surface area (Å²) < 4.78 is 5.38. The van der Waals surface area contributed by atoms with E-state index in [0.717, 1.165) is 30.7 Å². The summed E-state index contributed by atoms with van der Waals surface area (Å²) in [4.78, 5) is 9.09. The lowest BCUT2D eigenvalue weighted by Crippen LogP contribution is -2.05. The molecule has 0 bridgehead atoms. The molecule has 2 aromatic rings. The first kappa shape index (κ1) is 14.5. The second-order valence-corrected chi connectivity index (χ2v) is 5.40. The molecule has 0 unspecified atom stereocenters. The van der Waals surface area contributed by atoms with Crippen LogP contribution in [-0.4, -0.2) is 17.1 Å². The SMILES string of the molecule is COc1nc(CC(C)C)cnc1CCc1ccccc1. The zero-order valence-electron chi connectivity index (χ0n) is 12.5. The summed E-state index contributed by atoms with van der Waals surface area (Å²) in [5.74, 6) is 1.24. The van der Waals surface area contributed by atoms with Gasteiger partial charge in [0, 0.05) is 6.20 Å². The van der Waals surface area contributed by atoms with Gasteiger partial charge < -0.3 is 4.74 Å². The molecule has 106 valence electrons. The molecule has 0 saturated carbocycles. The summed E-state index contributed by atoms with van der Waals surface area (Å²) in [6.45, 7) is 4.36. The van der Waals surface area contributed by atoms with Crippen LogP contribution in [0.2, 0.25) is 0 Å². The van der Waals surface area contributed by atoms with Crippen molar-refractivity contribution in [3.63, 3.8) is 0 Å². The van der Waals surface area contributed by atoms with Crippen LogP contribution in [-0.2, 0) is 19.3 Å². The van der Waals surface area contributed by atoms with Crippen LogP contribution >= 0.6 is 0 Å². The molecule has 0 fully saturated rings. The quantitative estimate of drug-likeness (QED) is 0.806. The fourth-order valence-electron chi connectivity index (χ4n) is 2.19. The van der Waals surface area contributed by atoms with Gasteiger partial charge in [-0.25, -0.2) is 4.98 Å². The van der Waals surface area contributed by atoms with Crippen molar-refractivity contribution in [2.75, 3.05) is 7.11 Å². The molecule has 20 heavy (non-hydrogen) atoms. The molecule has 0 aliphatic heterocycles. The van der Waals surface area contributed by atoms with Crippen molar-refractivity contribution in [2.24, 2.45) is 5.92 Å². The van der Waals surface area contributed by atoms with Gasteiger partial charge in [0.25, 0.3) is 0 Å². The first-order valence-electron chi connectivity index (χ1n) is 7.11. The topological polar surface area (TPSA) is 35.0 Å². The molecular formula is C17H22N2O. The maximum Gasteiger partial charge on any atom is 0.235 e. The average Bonchev–Trinajstić information content (AvgIpc) is 2.46. The monoisotopic (exact) mass is 270 g/mol. The van der Waals surface area contributed by atoms with Gasteiger partial charge in [0.2, 0.25) is 5.88 Å². The zero-order valence-corrected chi connectivity index (χ0v) is 12.5. The van der Waals surface area contributed by atoms with Crippen LogP contribution in [0.1, 0.15) is 30.8 Å². The fraction of sp³-hybridized carbons (Fsp3) is 0.412. The average molecular weight is 270 g/mol. The molecule has 1 aromatic heterocycles. The second-order valence-electron chi connectivity index (χ2n) is 5.40. The van der Waals surface area contributed by atoms with E-state index >= 15 is 0 Å². The summed E-state index contributed by atoms with van der Waals surface area (Å²) in [5.41, 5.74) is 3.24. The Balaban J connectivity index is 2.07. The van der Waals surface area contributed by atoms with Gasteiger partial charge in [-0.1, -0.05) is 44.2 Å². The number of aryl methyl sites for hydroxylation is 2. The lowest BCUT2D eigenvalue weighted by Gasteiger charge is -2.10. The number of hydrogen-bond acceptors (Lipinski definition) is 3. The smallest absolute Gasteiger partial charge is 0.235 e. The Hall–Kier alpha value is -1.90. The Kier molecular flexibility index (Phi) is 5.10. The van der Waals surface area contributed by atoms with E-state index in [-0.39, 0.29) is 0 Å². The van der Waals surface area contributed by atoms with E-state index in [4.69, 9.17) is 4.74 Å². The molecule has 2 rings (SSSR count). The number of ether oxygens (including phenoxy) is 1. The van der Waals surface area contributed by atoms with Crippen LogP contribution in [0.3, 0.4) is 0 Å². The van der Waals surface area contributed by atoms with Crippen molar-refractivity contribution in [3.05, 3.63) is 53.5 Å². The number of methoxy groups -OCH3 is 1. The van der Waals surface area contributed by atoms with Gasteiger partial charge in [-0.05, 0) is 30.7 Å². The zero-order chi connectivity index (χ0) is 14.4. The van der Waals surface area contributed by atoms with Crippen LogP contribution in [0.4, 0.5) is 0 Å². The van der Waals surface area contributed by atoms with Crippen molar-refractivity contribution in [1.29, 1.82) is 0 Å². The molecule has 3 heteroatoms. The van der Waals surface area contributed by atoms with Gasteiger partial charge in [0.05, 0.1) is 12.8 Å². The van der Waals surface area contributed by atoms with Gasteiger partial charge in [-0.15, -0.1) is 0 Å². The minimum absolute atomic E-state index is 0.573. The molecule has 1 heterocycles. The second kappa shape index (κ2) is 7.04. The minimum atomic E-state index is 0.573. The molecule has 0 amide bonds. The van der Waals surface area contributed by atoms with E-state index in [1.54, 1.807) is 7.11 Å². The number of benzene rings is 1. The maximum atomic E-state index is 5.38. The van der Waals surface area contributed by atoms with E-state index in [9.17, 15) is 0 Å². The van der Waals surface area contributed by atoms with Gasteiger partial charge in [0.15, 0.2) is 0 Å². The van der Waals surface area contributed by atoms with E-state index in [0.29, 0.717) is 11.8 Å². The Bertz CT molecular complexity index is 538. The third-order valence-corrected chi connectivity index (χ3v) is 3.17. The highest BCUT2D eigenvalue weighted by atomic mass is 16.5. The van der Waals surface area contributed by atoms with Crippen LogP contribution in [0.25, 0.3) is 0 Å². The molecule has 0 aliphatic rings. The normalized spacial score (nSPS) is 10.8. The van der Waals surface area contributed by atoms with Crippen molar-refractivity contribution >= 4 is 0 Å². The van der Waals surface area contributed by atoms with Crippen molar-refractivity contribution in [2.45, 2.75) is 33.1 Å². The predicted molar refractivity (Wildman–Crippen MR) is 81.0 cm³/mol. The van der Waals surface area contributed by atoms with Crippen LogP contribution < -0.4 is 4.74 Å². The van der Waals surface area contributed by atoms with E-state index < -0.39 is 0 Å². The van der Waals surface area contributed by atoms with Gasteiger partial charge in [-0.2, -0.15) is 0 Å². The number of nitrogens with zero attached hydrogens (tertiary/aromatic N) is 2.